The molecule has 3 nitrogen and oxygen atoms in total. The summed E-state index contributed by atoms with van der Waals surface area (Å²) in [5.41, 5.74) is 1.33. The standard InChI is InChI=1S/C13H12ClNO2/c1-17-11-5-2-9(3-6-11)13(16)12-7-4-10(14)8-15-12/h2-8,13,16H,1H3. The molecule has 0 saturated heterocycles. The van der Waals surface area contributed by atoms with Crippen molar-refractivity contribution in [3.63, 3.8) is 0 Å². The van der Waals surface area contributed by atoms with E-state index >= 15 is 0 Å². The van der Waals surface area contributed by atoms with Crippen LogP contribution in [0.3, 0.4) is 0 Å². The molecule has 17 heavy (non-hydrogen) atoms. The van der Waals surface area contributed by atoms with Gasteiger partial charge in [-0.3, -0.25) is 4.98 Å². The van der Waals surface area contributed by atoms with Crippen LogP contribution >= 0.6 is 11.6 Å². The lowest BCUT2D eigenvalue weighted by Crippen LogP contribution is -2.01. The zero-order valence-corrected chi connectivity index (χ0v) is 10.1. The molecule has 0 bridgehead atoms. The molecule has 0 aliphatic heterocycles. The number of benzene rings is 1. The fourth-order valence-corrected chi connectivity index (χ4v) is 1.62. The largest absolute Gasteiger partial charge is 0.497 e. The maximum absolute atomic E-state index is 10.1. The van der Waals surface area contributed by atoms with Gasteiger partial charge in [0.25, 0.3) is 0 Å². The summed E-state index contributed by atoms with van der Waals surface area (Å²) in [4.78, 5) is 4.08. The van der Waals surface area contributed by atoms with Gasteiger partial charge in [-0.05, 0) is 29.8 Å². The van der Waals surface area contributed by atoms with E-state index in [4.69, 9.17) is 16.3 Å². The number of nitrogens with zero attached hydrogens (tertiary/aromatic N) is 1. The Bertz CT molecular complexity index is 482. The van der Waals surface area contributed by atoms with Gasteiger partial charge in [0.2, 0.25) is 0 Å². The molecule has 0 spiro atoms. The average Bonchev–Trinajstić information content (AvgIpc) is 2.39. The molecular weight excluding hydrogens is 238 g/mol. The van der Waals surface area contributed by atoms with E-state index in [0.29, 0.717) is 10.7 Å². The minimum Gasteiger partial charge on any atom is -0.497 e. The van der Waals surface area contributed by atoms with Crippen molar-refractivity contribution >= 4 is 11.6 Å². The molecule has 1 unspecified atom stereocenters. The number of methoxy groups -OCH3 is 1. The van der Waals surface area contributed by atoms with Gasteiger partial charge in [-0.25, -0.2) is 0 Å². The number of hydrogen-bond donors (Lipinski definition) is 1. The fourth-order valence-electron chi connectivity index (χ4n) is 1.51. The predicted molar refractivity (Wildman–Crippen MR) is 66.3 cm³/mol. The Kier molecular flexibility index (Phi) is 3.61. The van der Waals surface area contributed by atoms with Crippen molar-refractivity contribution in [2.24, 2.45) is 0 Å². The number of pyridine rings is 1. The van der Waals surface area contributed by atoms with Crippen LogP contribution in [0.1, 0.15) is 17.4 Å². The van der Waals surface area contributed by atoms with Crippen LogP contribution in [0.2, 0.25) is 5.02 Å². The van der Waals surface area contributed by atoms with Gasteiger partial charge in [-0.15, -0.1) is 0 Å². The van der Waals surface area contributed by atoms with Crippen molar-refractivity contribution in [1.82, 2.24) is 4.98 Å². The van der Waals surface area contributed by atoms with E-state index in [2.05, 4.69) is 4.98 Å². The van der Waals surface area contributed by atoms with E-state index in [1.807, 2.05) is 0 Å². The molecule has 0 amide bonds. The lowest BCUT2D eigenvalue weighted by atomic mass is 10.1. The topological polar surface area (TPSA) is 42.4 Å². The molecule has 2 aromatic rings. The molecule has 0 aliphatic rings. The third-order valence-corrected chi connectivity index (χ3v) is 2.69. The summed E-state index contributed by atoms with van der Waals surface area (Å²) in [6.45, 7) is 0. The highest BCUT2D eigenvalue weighted by atomic mass is 35.5. The quantitative estimate of drug-likeness (QED) is 0.910. The molecule has 1 heterocycles. The monoisotopic (exact) mass is 249 g/mol. The van der Waals surface area contributed by atoms with Crippen molar-refractivity contribution in [2.75, 3.05) is 7.11 Å². The lowest BCUT2D eigenvalue weighted by Gasteiger charge is -2.11. The van der Waals surface area contributed by atoms with Gasteiger partial charge >= 0.3 is 0 Å². The molecular formula is C13H12ClNO2. The summed E-state index contributed by atoms with van der Waals surface area (Å²) in [6.07, 6.45) is 0.766. The Morgan fingerprint density at radius 1 is 1.18 bits per heavy atom. The molecule has 1 aromatic heterocycles. The van der Waals surface area contributed by atoms with E-state index in [0.717, 1.165) is 11.3 Å². The van der Waals surface area contributed by atoms with Gasteiger partial charge in [-0.2, -0.15) is 0 Å². The number of hydrogen-bond acceptors (Lipinski definition) is 3. The highest BCUT2D eigenvalue weighted by Gasteiger charge is 2.11. The van der Waals surface area contributed by atoms with Crippen molar-refractivity contribution in [1.29, 1.82) is 0 Å². The van der Waals surface area contributed by atoms with Crippen LogP contribution in [0.25, 0.3) is 0 Å². The summed E-state index contributed by atoms with van der Waals surface area (Å²) in [5, 5.41) is 10.7. The van der Waals surface area contributed by atoms with Gasteiger partial charge in [0.05, 0.1) is 17.8 Å². The van der Waals surface area contributed by atoms with Crippen molar-refractivity contribution in [3.8, 4) is 5.75 Å². The van der Waals surface area contributed by atoms with E-state index < -0.39 is 6.10 Å². The maximum atomic E-state index is 10.1. The zero-order chi connectivity index (χ0) is 12.3. The van der Waals surface area contributed by atoms with E-state index in [1.54, 1.807) is 43.5 Å². The van der Waals surface area contributed by atoms with Crippen LogP contribution in [-0.4, -0.2) is 17.2 Å². The molecule has 1 aromatic carbocycles. The van der Waals surface area contributed by atoms with Gasteiger partial charge in [-0.1, -0.05) is 23.7 Å². The summed E-state index contributed by atoms with van der Waals surface area (Å²) < 4.78 is 5.06. The molecule has 1 atom stereocenters. The average molecular weight is 250 g/mol. The Labute approximate surface area is 105 Å². The predicted octanol–water partition coefficient (Wildman–Crippen LogP) is 2.83. The van der Waals surface area contributed by atoms with Gasteiger partial charge in [0.1, 0.15) is 11.9 Å². The van der Waals surface area contributed by atoms with Crippen LogP contribution in [0.4, 0.5) is 0 Å². The first-order chi connectivity index (χ1) is 8.20. The number of aliphatic hydroxyl groups is 1. The van der Waals surface area contributed by atoms with Gasteiger partial charge in [0.15, 0.2) is 0 Å². The van der Waals surface area contributed by atoms with Crippen molar-refractivity contribution < 1.29 is 9.84 Å². The molecule has 4 heteroatoms. The van der Waals surface area contributed by atoms with Crippen LogP contribution in [0.5, 0.6) is 5.75 Å². The third kappa shape index (κ3) is 2.75. The zero-order valence-electron chi connectivity index (χ0n) is 9.30. The first kappa shape index (κ1) is 11.9. The number of ether oxygens (including phenoxy) is 1. The summed E-state index contributed by atoms with van der Waals surface area (Å²) in [7, 11) is 1.60. The number of rotatable bonds is 3. The van der Waals surface area contributed by atoms with E-state index in [-0.39, 0.29) is 0 Å². The number of aliphatic hydroxyl groups excluding tert-OH is 1. The molecule has 0 fully saturated rings. The minimum atomic E-state index is -0.752. The maximum Gasteiger partial charge on any atom is 0.121 e. The molecule has 2 rings (SSSR count). The highest BCUT2D eigenvalue weighted by molar-refractivity contribution is 6.30. The SMILES string of the molecule is COc1ccc(C(O)c2ccc(Cl)cn2)cc1. The summed E-state index contributed by atoms with van der Waals surface area (Å²) in [5.74, 6) is 0.755. The Balaban J connectivity index is 2.23. The number of halogens is 1. The van der Waals surface area contributed by atoms with Crippen LogP contribution in [0.15, 0.2) is 42.6 Å². The first-order valence-corrected chi connectivity index (χ1v) is 5.52. The van der Waals surface area contributed by atoms with E-state index in [1.165, 1.54) is 6.20 Å². The van der Waals surface area contributed by atoms with Gasteiger partial charge < -0.3 is 9.84 Å². The van der Waals surface area contributed by atoms with E-state index in [9.17, 15) is 5.11 Å². The fraction of sp³-hybridized carbons (Fsp3) is 0.154. The van der Waals surface area contributed by atoms with Crippen molar-refractivity contribution in [2.45, 2.75) is 6.10 Å². The number of aromatic nitrogens is 1. The van der Waals surface area contributed by atoms with Crippen LogP contribution in [0, 0.1) is 0 Å². The van der Waals surface area contributed by atoms with Crippen LogP contribution < -0.4 is 4.74 Å². The third-order valence-electron chi connectivity index (χ3n) is 2.46. The second kappa shape index (κ2) is 5.17. The van der Waals surface area contributed by atoms with Crippen molar-refractivity contribution in [3.05, 3.63) is 58.9 Å². The Morgan fingerprint density at radius 2 is 1.88 bits per heavy atom. The summed E-state index contributed by atoms with van der Waals surface area (Å²) >= 11 is 5.74. The normalized spacial score (nSPS) is 12.2. The first-order valence-electron chi connectivity index (χ1n) is 5.14. The van der Waals surface area contributed by atoms with Gasteiger partial charge in [0, 0.05) is 6.20 Å². The highest BCUT2D eigenvalue weighted by Crippen LogP contribution is 2.23. The molecule has 0 aliphatic carbocycles. The second-order valence-corrected chi connectivity index (χ2v) is 4.01. The molecule has 0 radical (unpaired) electrons. The molecule has 1 N–H and O–H groups in total. The Hall–Kier alpha value is -1.58. The second-order valence-electron chi connectivity index (χ2n) is 3.58. The Morgan fingerprint density at radius 3 is 2.41 bits per heavy atom. The minimum absolute atomic E-state index is 0.552. The summed E-state index contributed by atoms with van der Waals surface area (Å²) in [6, 6.07) is 10.6. The van der Waals surface area contributed by atoms with Crippen LogP contribution in [-0.2, 0) is 0 Å². The smallest absolute Gasteiger partial charge is 0.121 e. The molecule has 88 valence electrons. The lowest BCUT2D eigenvalue weighted by molar-refractivity contribution is 0.215. The molecule has 0 saturated carbocycles.